The van der Waals surface area contributed by atoms with Crippen molar-refractivity contribution < 1.29 is 19.4 Å². The zero-order chi connectivity index (χ0) is 26.6. The van der Waals surface area contributed by atoms with Crippen LogP contribution in [-0.2, 0) is 22.7 Å². The summed E-state index contributed by atoms with van der Waals surface area (Å²) in [5, 5.41) is 11.8. The number of hydrogen-bond donors (Lipinski definition) is 1. The maximum absolute atomic E-state index is 13.3. The number of aliphatic hydroxyl groups is 1. The topological polar surface area (TPSA) is 79.7 Å². The molecule has 5 rings (SSSR count). The Morgan fingerprint density at radius 1 is 0.947 bits per heavy atom. The predicted molar refractivity (Wildman–Crippen MR) is 145 cm³/mol. The van der Waals surface area contributed by atoms with Gasteiger partial charge in [0.2, 0.25) is 0 Å². The number of aromatic nitrogens is 1. The number of likely N-dealkylation sites (tertiary alicyclic amines) is 1. The van der Waals surface area contributed by atoms with Gasteiger partial charge in [0.1, 0.15) is 18.1 Å². The highest BCUT2D eigenvalue weighted by atomic mass is 35.5. The molecule has 0 aliphatic carbocycles. The summed E-state index contributed by atoms with van der Waals surface area (Å²) in [6.45, 7) is 2.62. The van der Waals surface area contributed by atoms with Crippen LogP contribution < -0.4 is 4.74 Å². The molecule has 1 aliphatic rings. The Morgan fingerprint density at radius 2 is 1.63 bits per heavy atom. The fourth-order valence-electron chi connectivity index (χ4n) is 4.52. The monoisotopic (exact) mass is 524 g/mol. The second kappa shape index (κ2) is 10.9. The average Bonchev–Trinajstić information content (AvgIpc) is 3.18. The van der Waals surface area contributed by atoms with E-state index in [2.05, 4.69) is 4.98 Å². The van der Waals surface area contributed by atoms with E-state index in [-0.39, 0.29) is 17.9 Å². The van der Waals surface area contributed by atoms with Crippen LogP contribution in [0.3, 0.4) is 0 Å². The van der Waals surface area contributed by atoms with Gasteiger partial charge in [-0.1, -0.05) is 48.0 Å². The summed E-state index contributed by atoms with van der Waals surface area (Å²) in [5.41, 5.74) is 4.14. The number of ketones is 1. The molecule has 0 radical (unpaired) electrons. The first-order valence-electron chi connectivity index (χ1n) is 12.1. The maximum Gasteiger partial charge on any atom is 0.295 e. The fourth-order valence-corrected chi connectivity index (χ4v) is 4.64. The summed E-state index contributed by atoms with van der Waals surface area (Å²) in [6.07, 6.45) is 3.26. The van der Waals surface area contributed by atoms with Crippen LogP contribution >= 0.6 is 11.6 Å². The lowest BCUT2D eigenvalue weighted by Gasteiger charge is -2.25. The van der Waals surface area contributed by atoms with Gasteiger partial charge in [-0.3, -0.25) is 14.6 Å². The molecular formula is C31H25ClN2O4. The molecule has 1 unspecified atom stereocenters. The summed E-state index contributed by atoms with van der Waals surface area (Å²) >= 11 is 6.10. The van der Waals surface area contributed by atoms with Gasteiger partial charge in [0.25, 0.3) is 11.7 Å². The van der Waals surface area contributed by atoms with E-state index in [9.17, 15) is 14.7 Å². The van der Waals surface area contributed by atoms with E-state index in [1.54, 1.807) is 73.1 Å². The molecule has 190 valence electrons. The number of Topliss-reactive ketones (excluding diaryl/α,β-unsaturated/α-hetero) is 1. The van der Waals surface area contributed by atoms with Crippen molar-refractivity contribution in [2.45, 2.75) is 26.1 Å². The summed E-state index contributed by atoms with van der Waals surface area (Å²) in [6, 6.07) is 24.5. The Hall–Kier alpha value is -4.42. The van der Waals surface area contributed by atoms with E-state index >= 15 is 0 Å². The molecule has 4 aromatic rings. The van der Waals surface area contributed by atoms with Crippen molar-refractivity contribution in [3.05, 3.63) is 136 Å². The highest BCUT2D eigenvalue weighted by molar-refractivity contribution is 6.46. The smallest absolute Gasteiger partial charge is 0.295 e. The van der Waals surface area contributed by atoms with Crippen LogP contribution in [0.15, 0.2) is 103 Å². The van der Waals surface area contributed by atoms with Crippen molar-refractivity contribution in [2.75, 3.05) is 0 Å². The van der Waals surface area contributed by atoms with Crippen molar-refractivity contribution in [1.29, 1.82) is 0 Å². The zero-order valence-electron chi connectivity index (χ0n) is 20.7. The third-order valence-electron chi connectivity index (χ3n) is 6.61. The highest BCUT2D eigenvalue weighted by Gasteiger charge is 2.46. The molecule has 1 fully saturated rings. The third-order valence-corrected chi connectivity index (χ3v) is 6.86. The van der Waals surface area contributed by atoms with Gasteiger partial charge < -0.3 is 14.7 Å². The zero-order valence-corrected chi connectivity index (χ0v) is 21.4. The van der Waals surface area contributed by atoms with Crippen molar-refractivity contribution in [2.24, 2.45) is 0 Å². The van der Waals surface area contributed by atoms with Gasteiger partial charge >= 0.3 is 0 Å². The van der Waals surface area contributed by atoms with Crippen LogP contribution in [-0.4, -0.2) is 26.7 Å². The molecule has 1 saturated heterocycles. The average molecular weight is 525 g/mol. The van der Waals surface area contributed by atoms with Gasteiger partial charge in [-0.2, -0.15) is 0 Å². The van der Waals surface area contributed by atoms with E-state index in [0.29, 0.717) is 28.5 Å². The summed E-state index contributed by atoms with van der Waals surface area (Å²) in [5.74, 6) is -1.04. The number of aliphatic hydroxyl groups excluding tert-OH is 1. The number of halogens is 1. The molecule has 1 N–H and O–H groups in total. The van der Waals surface area contributed by atoms with E-state index in [1.165, 1.54) is 4.90 Å². The highest BCUT2D eigenvalue weighted by Crippen LogP contribution is 2.40. The molecule has 38 heavy (non-hydrogen) atoms. The van der Waals surface area contributed by atoms with Crippen LogP contribution in [0.25, 0.3) is 5.76 Å². The molecule has 7 heteroatoms. The van der Waals surface area contributed by atoms with Gasteiger partial charge in [0, 0.05) is 29.5 Å². The number of rotatable bonds is 7. The Bertz CT molecular complexity index is 1500. The Kier molecular flexibility index (Phi) is 7.24. The number of carbonyl (C=O) groups excluding carboxylic acids is 2. The second-order valence-electron chi connectivity index (χ2n) is 9.07. The Morgan fingerprint density at radius 3 is 2.32 bits per heavy atom. The van der Waals surface area contributed by atoms with Crippen LogP contribution in [0.5, 0.6) is 5.75 Å². The largest absolute Gasteiger partial charge is 0.507 e. The van der Waals surface area contributed by atoms with Gasteiger partial charge in [-0.05, 0) is 77.7 Å². The molecule has 1 amide bonds. The maximum atomic E-state index is 13.3. The minimum atomic E-state index is -0.780. The quantitative estimate of drug-likeness (QED) is 0.176. The molecule has 0 bridgehead atoms. The number of carbonyl (C=O) groups is 2. The van der Waals surface area contributed by atoms with Crippen molar-refractivity contribution in [3.63, 3.8) is 0 Å². The minimum absolute atomic E-state index is 0.0277. The van der Waals surface area contributed by atoms with Crippen LogP contribution in [0, 0.1) is 6.92 Å². The van der Waals surface area contributed by atoms with Crippen LogP contribution in [0.4, 0.5) is 0 Å². The molecule has 6 nitrogen and oxygen atoms in total. The van der Waals surface area contributed by atoms with E-state index in [1.807, 2.05) is 31.2 Å². The molecule has 0 spiro atoms. The van der Waals surface area contributed by atoms with Gasteiger partial charge in [-0.15, -0.1) is 0 Å². The molecule has 1 aromatic heterocycles. The fraction of sp³-hybridized carbons (Fsp3) is 0.129. The Balaban J connectivity index is 1.47. The first-order valence-corrected chi connectivity index (χ1v) is 12.5. The van der Waals surface area contributed by atoms with Crippen molar-refractivity contribution in [1.82, 2.24) is 9.88 Å². The SMILES string of the molecule is Cc1ccccc1COc1ccc(C(O)=C2C(=O)C(=O)N(Cc3ccncc3)C2c2ccc(Cl)cc2)cc1. The number of nitrogens with zero attached hydrogens (tertiary/aromatic N) is 2. The minimum Gasteiger partial charge on any atom is -0.507 e. The van der Waals surface area contributed by atoms with Crippen molar-refractivity contribution in [3.8, 4) is 5.75 Å². The number of pyridine rings is 1. The summed E-state index contributed by atoms with van der Waals surface area (Å²) in [7, 11) is 0. The summed E-state index contributed by atoms with van der Waals surface area (Å²) < 4.78 is 5.91. The summed E-state index contributed by atoms with van der Waals surface area (Å²) in [4.78, 5) is 31.9. The second-order valence-corrected chi connectivity index (χ2v) is 9.51. The number of aryl methyl sites for hydroxylation is 1. The Labute approximate surface area is 225 Å². The number of benzene rings is 3. The van der Waals surface area contributed by atoms with Gasteiger partial charge in [-0.25, -0.2) is 0 Å². The van der Waals surface area contributed by atoms with Crippen molar-refractivity contribution >= 4 is 29.1 Å². The lowest BCUT2D eigenvalue weighted by atomic mass is 9.95. The lowest BCUT2D eigenvalue weighted by molar-refractivity contribution is -0.140. The van der Waals surface area contributed by atoms with E-state index < -0.39 is 17.7 Å². The molecule has 0 saturated carbocycles. The van der Waals surface area contributed by atoms with Crippen LogP contribution in [0.1, 0.15) is 33.9 Å². The number of ether oxygens (including phenoxy) is 1. The number of hydrogen-bond acceptors (Lipinski definition) is 5. The predicted octanol–water partition coefficient (Wildman–Crippen LogP) is 6.24. The van der Waals surface area contributed by atoms with Crippen LogP contribution in [0.2, 0.25) is 5.02 Å². The first kappa shape index (κ1) is 25.2. The first-order chi connectivity index (χ1) is 18.4. The molecule has 2 heterocycles. The third kappa shape index (κ3) is 5.17. The van der Waals surface area contributed by atoms with Gasteiger partial charge in [0.05, 0.1) is 11.6 Å². The van der Waals surface area contributed by atoms with E-state index in [0.717, 1.165) is 16.7 Å². The molecule has 1 atom stereocenters. The van der Waals surface area contributed by atoms with Gasteiger partial charge in [0.15, 0.2) is 0 Å². The number of amides is 1. The standard InChI is InChI=1S/C31H25ClN2O4/c1-20-4-2-3-5-24(20)19-38-26-12-8-23(9-13-26)29(35)27-28(22-6-10-25(32)11-7-22)34(31(37)30(27)36)18-21-14-16-33-17-15-21/h2-17,28,35H,18-19H2,1H3. The molecular weight excluding hydrogens is 500 g/mol. The molecule has 3 aromatic carbocycles. The molecule has 1 aliphatic heterocycles. The van der Waals surface area contributed by atoms with E-state index in [4.69, 9.17) is 16.3 Å². The lowest BCUT2D eigenvalue weighted by Crippen LogP contribution is -2.29. The normalized spacial score (nSPS) is 16.6.